The van der Waals surface area contributed by atoms with Gasteiger partial charge in [0.2, 0.25) is 5.89 Å². The topological polar surface area (TPSA) is 52.0 Å². The molecule has 3 heteroatoms. The van der Waals surface area contributed by atoms with Crippen molar-refractivity contribution in [3.63, 3.8) is 0 Å². The smallest absolute Gasteiger partial charge is 0.211 e. The van der Waals surface area contributed by atoms with Crippen LogP contribution < -0.4 is 5.73 Å². The quantitative estimate of drug-likeness (QED) is 0.814. The van der Waals surface area contributed by atoms with E-state index in [0.717, 1.165) is 11.3 Å². The van der Waals surface area contributed by atoms with E-state index in [1.54, 1.807) is 6.26 Å². The molecule has 1 heterocycles. The van der Waals surface area contributed by atoms with Crippen LogP contribution in [0.25, 0.3) is 11.3 Å². The number of benzene rings is 1. The number of nitrogens with zero attached hydrogens (tertiary/aromatic N) is 1. The molecule has 0 aliphatic rings. The minimum atomic E-state index is -0.163. The van der Waals surface area contributed by atoms with Crippen molar-refractivity contribution in [3.8, 4) is 11.3 Å². The van der Waals surface area contributed by atoms with E-state index in [9.17, 15) is 0 Å². The Morgan fingerprint density at radius 1 is 1.27 bits per heavy atom. The maximum Gasteiger partial charge on any atom is 0.211 e. The first kappa shape index (κ1) is 9.93. The highest BCUT2D eigenvalue weighted by Gasteiger charge is 2.08. The average Bonchev–Trinajstić information content (AvgIpc) is 2.68. The Morgan fingerprint density at radius 2 is 1.93 bits per heavy atom. The third-order valence-corrected chi connectivity index (χ3v) is 2.26. The fraction of sp³-hybridized carbons (Fsp3) is 0.250. The van der Waals surface area contributed by atoms with Gasteiger partial charge in [0.05, 0.1) is 6.04 Å². The first-order valence-electron chi connectivity index (χ1n) is 4.95. The van der Waals surface area contributed by atoms with Crippen LogP contribution in [-0.4, -0.2) is 4.98 Å². The number of aromatic nitrogens is 1. The third-order valence-electron chi connectivity index (χ3n) is 2.26. The van der Waals surface area contributed by atoms with Gasteiger partial charge in [-0.1, -0.05) is 29.8 Å². The highest BCUT2D eigenvalue weighted by Crippen LogP contribution is 2.20. The van der Waals surface area contributed by atoms with E-state index in [1.807, 2.05) is 19.1 Å². The summed E-state index contributed by atoms with van der Waals surface area (Å²) >= 11 is 0. The Morgan fingerprint density at radius 3 is 2.47 bits per heavy atom. The van der Waals surface area contributed by atoms with Crippen LogP contribution in [0.4, 0.5) is 0 Å². The summed E-state index contributed by atoms with van der Waals surface area (Å²) in [5, 5.41) is 0. The normalized spacial score (nSPS) is 12.7. The molecule has 0 saturated heterocycles. The number of hydrogen-bond donors (Lipinski definition) is 1. The number of hydrogen-bond acceptors (Lipinski definition) is 3. The summed E-state index contributed by atoms with van der Waals surface area (Å²) < 4.78 is 5.27. The van der Waals surface area contributed by atoms with Gasteiger partial charge < -0.3 is 10.2 Å². The molecule has 1 aromatic carbocycles. The van der Waals surface area contributed by atoms with Crippen molar-refractivity contribution in [3.05, 3.63) is 42.0 Å². The maximum absolute atomic E-state index is 5.67. The van der Waals surface area contributed by atoms with Crippen LogP contribution in [0, 0.1) is 6.92 Å². The molecule has 1 atom stereocenters. The summed E-state index contributed by atoms with van der Waals surface area (Å²) in [5.41, 5.74) is 8.79. The molecule has 3 nitrogen and oxygen atoms in total. The van der Waals surface area contributed by atoms with Crippen LogP contribution in [0.5, 0.6) is 0 Å². The summed E-state index contributed by atoms with van der Waals surface area (Å²) in [6.07, 6.45) is 1.64. The second kappa shape index (κ2) is 3.87. The predicted octanol–water partition coefficient (Wildman–Crippen LogP) is 2.67. The number of oxazole rings is 1. The fourth-order valence-electron chi connectivity index (χ4n) is 1.35. The summed E-state index contributed by atoms with van der Waals surface area (Å²) in [4.78, 5) is 4.32. The van der Waals surface area contributed by atoms with Crippen molar-refractivity contribution in [1.82, 2.24) is 4.98 Å². The van der Waals surface area contributed by atoms with Crippen LogP contribution in [0.15, 0.2) is 34.9 Å². The van der Waals surface area contributed by atoms with Gasteiger partial charge in [0, 0.05) is 5.56 Å². The Bertz CT molecular complexity index is 443. The summed E-state index contributed by atoms with van der Waals surface area (Å²) in [6.45, 7) is 3.91. The molecule has 0 spiro atoms. The van der Waals surface area contributed by atoms with Gasteiger partial charge in [-0.25, -0.2) is 4.98 Å². The predicted molar refractivity (Wildman–Crippen MR) is 59.3 cm³/mol. The van der Waals surface area contributed by atoms with Gasteiger partial charge in [-0.2, -0.15) is 0 Å². The molecule has 0 aliphatic heterocycles. The SMILES string of the molecule is Cc1ccc(-c2coc(C(C)N)n2)cc1. The summed E-state index contributed by atoms with van der Waals surface area (Å²) in [6, 6.07) is 7.99. The van der Waals surface area contributed by atoms with Crippen LogP contribution in [-0.2, 0) is 0 Å². The van der Waals surface area contributed by atoms with Crippen molar-refractivity contribution < 1.29 is 4.42 Å². The monoisotopic (exact) mass is 202 g/mol. The molecule has 2 rings (SSSR count). The van der Waals surface area contributed by atoms with E-state index >= 15 is 0 Å². The van der Waals surface area contributed by atoms with Crippen molar-refractivity contribution in [2.75, 3.05) is 0 Å². The molecule has 2 N–H and O–H groups in total. The van der Waals surface area contributed by atoms with Gasteiger partial charge in [-0.15, -0.1) is 0 Å². The van der Waals surface area contributed by atoms with E-state index in [4.69, 9.17) is 10.2 Å². The van der Waals surface area contributed by atoms with E-state index in [2.05, 4.69) is 24.0 Å². The van der Waals surface area contributed by atoms with Gasteiger partial charge in [0.1, 0.15) is 12.0 Å². The molecule has 2 aromatic rings. The molecule has 1 unspecified atom stereocenters. The molecular weight excluding hydrogens is 188 g/mol. The zero-order valence-corrected chi connectivity index (χ0v) is 8.90. The lowest BCUT2D eigenvalue weighted by Gasteiger charge is -1.97. The molecule has 78 valence electrons. The zero-order chi connectivity index (χ0) is 10.8. The summed E-state index contributed by atoms with van der Waals surface area (Å²) in [5.74, 6) is 0.575. The van der Waals surface area contributed by atoms with E-state index < -0.39 is 0 Å². The van der Waals surface area contributed by atoms with E-state index in [-0.39, 0.29) is 6.04 Å². The van der Waals surface area contributed by atoms with Gasteiger partial charge in [0.15, 0.2) is 0 Å². The van der Waals surface area contributed by atoms with E-state index in [0.29, 0.717) is 5.89 Å². The molecular formula is C12H14N2O. The number of aryl methyl sites for hydroxylation is 1. The standard InChI is InChI=1S/C12H14N2O/c1-8-3-5-10(6-4-8)11-7-15-12(14-11)9(2)13/h3-7,9H,13H2,1-2H3. The minimum absolute atomic E-state index is 0.163. The second-order valence-electron chi connectivity index (χ2n) is 3.73. The second-order valence-corrected chi connectivity index (χ2v) is 3.73. The first-order chi connectivity index (χ1) is 7.16. The van der Waals surface area contributed by atoms with E-state index in [1.165, 1.54) is 5.56 Å². The van der Waals surface area contributed by atoms with Gasteiger partial charge >= 0.3 is 0 Å². The first-order valence-corrected chi connectivity index (χ1v) is 4.95. The van der Waals surface area contributed by atoms with Gasteiger partial charge in [-0.3, -0.25) is 0 Å². The molecule has 1 aromatic heterocycles. The Kier molecular flexibility index (Phi) is 2.56. The maximum atomic E-state index is 5.67. The van der Waals surface area contributed by atoms with Crippen LogP contribution in [0.2, 0.25) is 0 Å². The molecule has 0 fully saturated rings. The minimum Gasteiger partial charge on any atom is -0.447 e. The van der Waals surface area contributed by atoms with Crippen LogP contribution in [0.1, 0.15) is 24.4 Å². The average molecular weight is 202 g/mol. The Balaban J connectivity index is 2.33. The van der Waals surface area contributed by atoms with Crippen molar-refractivity contribution in [1.29, 1.82) is 0 Å². The lowest BCUT2D eigenvalue weighted by atomic mass is 10.1. The molecule has 0 bridgehead atoms. The van der Waals surface area contributed by atoms with Gasteiger partial charge in [0.25, 0.3) is 0 Å². The molecule has 15 heavy (non-hydrogen) atoms. The molecule has 0 saturated carbocycles. The lowest BCUT2D eigenvalue weighted by molar-refractivity contribution is 0.464. The Hall–Kier alpha value is -1.61. The van der Waals surface area contributed by atoms with Crippen molar-refractivity contribution in [2.24, 2.45) is 5.73 Å². The van der Waals surface area contributed by atoms with Crippen molar-refractivity contribution >= 4 is 0 Å². The van der Waals surface area contributed by atoms with Crippen molar-refractivity contribution in [2.45, 2.75) is 19.9 Å². The largest absolute Gasteiger partial charge is 0.447 e. The van der Waals surface area contributed by atoms with Crippen LogP contribution in [0.3, 0.4) is 0 Å². The molecule has 0 amide bonds. The molecule has 0 radical (unpaired) electrons. The zero-order valence-electron chi connectivity index (χ0n) is 8.90. The fourth-order valence-corrected chi connectivity index (χ4v) is 1.35. The van der Waals surface area contributed by atoms with Gasteiger partial charge in [-0.05, 0) is 13.8 Å². The lowest BCUT2D eigenvalue weighted by Crippen LogP contribution is -2.04. The van der Waals surface area contributed by atoms with Crippen LogP contribution >= 0.6 is 0 Å². The molecule has 0 aliphatic carbocycles. The number of rotatable bonds is 2. The Labute approximate surface area is 88.9 Å². The highest BCUT2D eigenvalue weighted by atomic mass is 16.3. The number of nitrogens with two attached hydrogens (primary N) is 1. The third kappa shape index (κ3) is 2.07. The summed E-state index contributed by atoms with van der Waals surface area (Å²) in [7, 11) is 0. The highest BCUT2D eigenvalue weighted by molar-refractivity contribution is 5.58.